The maximum atomic E-state index is 12.2. The topological polar surface area (TPSA) is 32.3 Å². The maximum absolute atomic E-state index is 12.2. The molecule has 0 aromatic carbocycles. The average molecular weight is 264 g/mol. The van der Waals surface area contributed by atoms with Crippen LogP contribution in [0.25, 0.3) is 0 Å². The zero-order chi connectivity index (χ0) is 13.9. The van der Waals surface area contributed by atoms with Crippen LogP contribution in [0.1, 0.15) is 40.0 Å². The third-order valence-corrected chi connectivity index (χ3v) is 4.87. The van der Waals surface area contributed by atoms with Crippen molar-refractivity contribution in [3.63, 3.8) is 0 Å². The van der Waals surface area contributed by atoms with Crippen LogP contribution in [0.2, 0.25) is 0 Å². The van der Waals surface area contributed by atoms with E-state index in [0.717, 1.165) is 26.2 Å². The van der Waals surface area contributed by atoms with Gasteiger partial charge in [-0.05, 0) is 29.7 Å². The second kappa shape index (κ2) is 6.08. The number of piperazine rings is 1. The standard InChI is InChI=1S/C16H28N2O/c1-13-5-4-8-16(2,3)14(13)6-7-15(19)18-11-9-17-10-12-18/h6-7,13-14,17H,4-5,8-12H2,1-3H3. The van der Waals surface area contributed by atoms with Gasteiger partial charge in [-0.3, -0.25) is 4.79 Å². The van der Waals surface area contributed by atoms with Crippen LogP contribution in [0.4, 0.5) is 0 Å². The van der Waals surface area contributed by atoms with Gasteiger partial charge < -0.3 is 10.2 Å². The molecule has 0 aromatic rings. The summed E-state index contributed by atoms with van der Waals surface area (Å²) in [6.07, 6.45) is 7.91. The largest absolute Gasteiger partial charge is 0.337 e. The molecule has 2 atom stereocenters. The number of hydrogen-bond donors (Lipinski definition) is 1. The number of carbonyl (C=O) groups excluding carboxylic acids is 1. The molecule has 1 heterocycles. The molecule has 2 unspecified atom stereocenters. The van der Waals surface area contributed by atoms with E-state index in [9.17, 15) is 4.79 Å². The molecule has 1 N–H and O–H groups in total. The third-order valence-electron chi connectivity index (χ3n) is 4.87. The minimum atomic E-state index is 0.190. The summed E-state index contributed by atoms with van der Waals surface area (Å²) in [5.41, 5.74) is 0.331. The molecule has 0 bridgehead atoms. The molecule has 0 aromatic heterocycles. The molecule has 1 saturated carbocycles. The first-order chi connectivity index (χ1) is 9.00. The molecule has 2 rings (SSSR count). The zero-order valence-corrected chi connectivity index (χ0v) is 12.6. The number of amides is 1. The first-order valence-electron chi connectivity index (χ1n) is 7.68. The minimum Gasteiger partial charge on any atom is -0.337 e. The first kappa shape index (κ1) is 14.6. The lowest BCUT2D eigenvalue weighted by atomic mass is 9.64. The van der Waals surface area contributed by atoms with Gasteiger partial charge in [0.15, 0.2) is 0 Å². The minimum absolute atomic E-state index is 0.190. The van der Waals surface area contributed by atoms with Gasteiger partial charge in [-0.1, -0.05) is 39.7 Å². The molecule has 1 saturated heterocycles. The van der Waals surface area contributed by atoms with Gasteiger partial charge in [0.25, 0.3) is 0 Å². The van der Waals surface area contributed by atoms with Crippen LogP contribution in [-0.2, 0) is 4.79 Å². The van der Waals surface area contributed by atoms with E-state index in [0.29, 0.717) is 17.3 Å². The van der Waals surface area contributed by atoms with Crippen LogP contribution in [0.15, 0.2) is 12.2 Å². The van der Waals surface area contributed by atoms with Crippen molar-refractivity contribution in [1.29, 1.82) is 0 Å². The van der Waals surface area contributed by atoms with E-state index < -0.39 is 0 Å². The molecule has 2 fully saturated rings. The van der Waals surface area contributed by atoms with E-state index in [1.807, 2.05) is 11.0 Å². The fraction of sp³-hybridized carbons (Fsp3) is 0.812. The normalized spacial score (nSPS) is 31.6. The molecular weight excluding hydrogens is 236 g/mol. The molecule has 3 heteroatoms. The van der Waals surface area contributed by atoms with Crippen LogP contribution >= 0.6 is 0 Å². The predicted octanol–water partition coefficient (Wildman–Crippen LogP) is 2.44. The van der Waals surface area contributed by atoms with E-state index in [2.05, 4.69) is 32.2 Å². The van der Waals surface area contributed by atoms with Crippen molar-refractivity contribution in [3.8, 4) is 0 Å². The van der Waals surface area contributed by atoms with Crippen LogP contribution < -0.4 is 5.32 Å². The van der Waals surface area contributed by atoms with Gasteiger partial charge in [0.2, 0.25) is 5.91 Å². The highest BCUT2D eigenvalue weighted by atomic mass is 16.2. The maximum Gasteiger partial charge on any atom is 0.246 e. The van der Waals surface area contributed by atoms with Crippen molar-refractivity contribution in [2.45, 2.75) is 40.0 Å². The average Bonchev–Trinajstić information content (AvgIpc) is 2.38. The fourth-order valence-electron chi connectivity index (χ4n) is 3.62. The monoisotopic (exact) mass is 264 g/mol. The van der Waals surface area contributed by atoms with E-state index in [4.69, 9.17) is 0 Å². The summed E-state index contributed by atoms with van der Waals surface area (Å²) in [6.45, 7) is 10.5. The highest BCUT2D eigenvalue weighted by molar-refractivity contribution is 5.87. The number of nitrogens with zero attached hydrogens (tertiary/aromatic N) is 1. The Kier molecular flexibility index (Phi) is 4.67. The summed E-state index contributed by atoms with van der Waals surface area (Å²) >= 11 is 0. The first-order valence-corrected chi connectivity index (χ1v) is 7.68. The summed E-state index contributed by atoms with van der Waals surface area (Å²) in [6, 6.07) is 0. The lowest BCUT2D eigenvalue weighted by Crippen LogP contribution is -2.46. The van der Waals surface area contributed by atoms with Crippen LogP contribution in [0.3, 0.4) is 0 Å². The molecule has 1 aliphatic carbocycles. The number of hydrogen-bond acceptors (Lipinski definition) is 2. The molecule has 0 spiro atoms. The van der Waals surface area contributed by atoms with E-state index in [1.54, 1.807) is 0 Å². The highest BCUT2D eigenvalue weighted by Crippen LogP contribution is 2.44. The Balaban J connectivity index is 1.97. The predicted molar refractivity (Wildman–Crippen MR) is 78.9 cm³/mol. The summed E-state index contributed by atoms with van der Waals surface area (Å²) in [5, 5.41) is 3.28. The Hall–Kier alpha value is -0.830. The van der Waals surface area contributed by atoms with Crippen molar-refractivity contribution in [3.05, 3.63) is 12.2 Å². The van der Waals surface area contributed by atoms with Crippen LogP contribution in [0, 0.1) is 17.3 Å². The molecule has 19 heavy (non-hydrogen) atoms. The summed E-state index contributed by atoms with van der Waals surface area (Å²) in [7, 11) is 0. The van der Waals surface area contributed by atoms with E-state index in [-0.39, 0.29) is 5.91 Å². The van der Waals surface area contributed by atoms with E-state index in [1.165, 1.54) is 19.3 Å². The quantitative estimate of drug-likeness (QED) is 0.777. The second-order valence-electron chi connectivity index (χ2n) is 6.82. The molecule has 108 valence electrons. The van der Waals surface area contributed by atoms with Crippen molar-refractivity contribution in [1.82, 2.24) is 10.2 Å². The summed E-state index contributed by atoms with van der Waals surface area (Å²) < 4.78 is 0. The Morgan fingerprint density at radius 2 is 2.00 bits per heavy atom. The second-order valence-corrected chi connectivity index (χ2v) is 6.82. The van der Waals surface area contributed by atoms with Gasteiger partial charge in [0.1, 0.15) is 0 Å². The molecule has 1 amide bonds. The van der Waals surface area contributed by atoms with Crippen molar-refractivity contribution < 1.29 is 4.79 Å². The summed E-state index contributed by atoms with van der Waals surface area (Å²) in [4.78, 5) is 14.1. The van der Waals surface area contributed by atoms with Crippen LogP contribution in [-0.4, -0.2) is 37.0 Å². The fourth-order valence-corrected chi connectivity index (χ4v) is 3.62. The number of rotatable bonds is 2. The van der Waals surface area contributed by atoms with Crippen molar-refractivity contribution in [2.24, 2.45) is 17.3 Å². The molecule has 0 radical (unpaired) electrons. The smallest absolute Gasteiger partial charge is 0.246 e. The van der Waals surface area contributed by atoms with E-state index >= 15 is 0 Å². The Morgan fingerprint density at radius 3 is 2.63 bits per heavy atom. The van der Waals surface area contributed by atoms with Gasteiger partial charge in [0.05, 0.1) is 0 Å². The van der Waals surface area contributed by atoms with Gasteiger partial charge in [-0.2, -0.15) is 0 Å². The number of carbonyl (C=O) groups is 1. The molecule has 3 nitrogen and oxygen atoms in total. The molecular formula is C16H28N2O. The molecule has 2 aliphatic rings. The van der Waals surface area contributed by atoms with Crippen LogP contribution in [0.5, 0.6) is 0 Å². The Bertz CT molecular complexity index is 343. The number of nitrogens with one attached hydrogen (secondary N) is 1. The van der Waals surface area contributed by atoms with Crippen molar-refractivity contribution >= 4 is 5.91 Å². The third kappa shape index (κ3) is 3.59. The SMILES string of the molecule is CC1CCCC(C)(C)C1C=CC(=O)N1CCNCC1. The highest BCUT2D eigenvalue weighted by Gasteiger charge is 2.35. The van der Waals surface area contributed by atoms with Gasteiger partial charge in [-0.25, -0.2) is 0 Å². The molecule has 1 aliphatic heterocycles. The number of allylic oxidation sites excluding steroid dienone is 1. The van der Waals surface area contributed by atoms with Crippen molar-refractivity contribution in [2.75, 3.05) is 26.2 Å². The van der Waals surface area contributed by atoms with Gasteiger partial charge >= 0.3 is 0 Å². The lowest BCUT2D eigenvalue weighted by molar-refractivity contribution is -0.126. The zero-order valence-electron chi connectivity index (χ0n) is 12.6. The summed E-state index contributed by atoms with van der Waals surface area (Å²) in [5.74, 6) is 1.42. The lowest BCUT2D eigenvalue weighted by Gasteiger charge is -2.41. The Morgan fingerprint density at radius 1 is 1.32 bits per heavy atom. The van der Waals surface area contributed by atoms with Gasteiger partial charge in [-0.15, -0.1) is 0 Å². The van der Waals surface area contributed by atoms with Gasteiger partial charge in [0, 0.05) is 26.2 Å². The Labute approximate surface area is 117 Å².